The third-order valence-corrected chi connectivity index (χ3v) is 5.13. The molecule has 1 aromatic heterocycles. The molecule has 23 heavy (non-hydrogen) atoms. The molecule has 0 bridgehead atoms. The zero-order valence-corrected chi connectivity index (χ0v) is 14.0. The van der Waals surface area contributed by atoms with Gasteiger partial charge in [-0.25, -0.2) is 9.37 Å². The second-order valence-electron chi connectivity index (χ2n) is 5.64. The molecule has 5 nitrogen and oxygen atoms in total. The van der Waals surface area contributed by atoms with Crippen LogP contribution in [-0.2, 0) is 4.79 Å². The Hall–Kier alpha value is -1.73. The van der Waals surface area contributed by atoms with Gasteiger partial charge in [-0.2, -0.15) is 0 Å². The first kappa shape index (κ1) is 16.1. The van der Waals surface area contributed by atoms with Gasteiger partial charge in [-0.3, -0.25) is 9.69 Å². The number of hydrogen-bond donors (Lipinski definition) is 1. The number of piperazine rings is 1. The normalized spacial score (nSPS) is 16.0. The van der Waals surface area contributed by atoms with E-state index in [4.69, 9.17) is 0 Å². The van der Waals surface area contributed by atoms with Crippen LogP contribution in [0, 0.1) is 5.82 Å². The Morgan fingerprint density at radius 3 is 2.87 bits per heavy atom. The predicted octanol–water partition coefficient (Wildman–Crippen LogP) is 2.08. The smallest absolute Gasteiger partial charge is 0.219 e. The molecule has 1 aromatic carbocycles. The molecule has 124 valence electrons. The molecule has 7 heteroatoms. The molecule has 1 aliphatic rings. The van der Waals surface area contributed by atoms with Crippen molar-refractivity contribution in [3.63, 3.8) is 0 Å². The topological polar surface area (TPSA) is 48.5 Å². The lowest BCUT2D eigenvalue weighted by Gasteiger charge is -2.34. The van der Waals surface area contributed by atoms with E-state index in [-0.39, 0.29) is 11.7 Å². The van der Waals surface area contributed by atoms with Crippen LogP contribution < -0.4 is 10.2 Å². The molecule has 3 rings (SSSR count). The fourth-order valence-corrected chi connectivity index (χ4v) is 3.70. The summed E-state index contributed by atoms with van der Waals surface area (Å²) in [6.45, 7) is 7.16. The van der Waals surface area contributed by atoms with E-state index in [1.165, 1.54) is 6.07 Å². The van der Waals surface area contributed by atoms with Crippen LogP contribution in [0.5, 0.6) is 0 Å². The Morgan fingerprint density at radius 2 is 2.13 bits per heavy atom. The van der Waals surface area contributed by atoms with E-state index in [1.54, 1.807) is 23.5 Å². The van der Waals surface area contributed by atoms with Gasteiger partial charge in [0.05, 0.1) is 10.2 Å². The van der Waals surface area contributed by atoms with Gasteiger partial charge < -0.3 is 10.2 Å². The number of halogens is 1. The quantitative estimate of drug-likeness (QED) is 0.908. The first-order chi connectivity index (χ1) is 11.2. The zero-order valence-electron chi connectivity index (χ0n) is 13.2. The van der Waals surface area contributed by atoms with Crippen molar-refractivity contribution in [2.75, 3.05) is 44.2 Å². The molecule has 2 heterocycles. The molecule has 0 atom stereocenters. The van der Waals surface area contributed by atoms with E-state index < -0.39 is 0 Å². The second-order valence-corrected chi connectivity index (χ2v) is 6.65. The van der Waals surface area contributed by atoms with Crippen molar-refractivity contribution >= 4 is 32.6 Å². The van der Waals surface area contributed by atoms with Crippen LogP contribution in [0.4, 0.5) is 9.52 Å². The number of carbonyl (C=O) groups excluding carboxylic acids is 1. The Kier molecular flexibility index (Phi) is 5.07. The number of thiazole rings is 1. The van der Waals surface area contributed by atoms with Crippen LogP contribution in [0.25, 0.3) is 10.2 Å². The number of nitrogens with one attached hydrogen (secondary N) is 1. The zero-order chi connectivity index (χ0) is 16.2. The highest BCUT2D eigenvalue weighted by molar-refractivity contribution is 7.22. The molecule has 1 saturated heterocycles. The van der Waals surface area contributed by atoms with Crippen molar-refractivity contribution in [2.24, 2.45) is 0 Å². The highest BCUT2D eigenvalue weighted by Gasteiger charge is 2.19. The second kappa shape index (κ2) is 7.23. The summed E-state index contributed by atoms with van der Waals surface area (Å²) >= 11 is 1.54. The van der Waals surface area contributed by atoms with Crippen LogP contribution in [0.3, 0.4) is 0 Å². The first-order valence-corrected chi connectivity index (χ1v) is 8.77. The molecule has 0 spiro atoms. The van der Waals surface area contributed by atoms with Gasteiger partial charge in [0.25, 0.3) is 0 Å². The summed E-state index contributed by atoms with van der Waals surface area (Å²) in [4.78, 5) is 20.4. The first-order valence-electron chi connectivity index (χ1n) is 7.96. The number of amides is 1. The molecule has 1 aliphatic heterocycles. The van der Waals surface area contributed by atoms with E-state index in [0.717, 1.165) is 48.1 Å². The molecule has 0 saturated carbocycles. The minimum atomic E-state index is -0.216. The van der Waals surface area contributed by atoms with Gasteiger partial charge >= 0.3 is 0 Å². The Bertz CT molecular complexity index is 682. The summed E-state index contributed by atoms with van der Waals surface area (Å²) < 4.78 is 14.2. The average Bonchev–Trinajstić information content (AvgIpc) is 2.98. The number of nitrogens with zero attached hydrogens (tertiary/aromatic N) is 3. The summed E-state index contributed by atoms with van der Waals surface area (Å²) in [7, 11) is 0. The lowest BCUT2D eigenvalue weighted by molar-refractivity contribution is -0.120. The minimum absolute atomic E-state index is 0.102. The lowest BCUT2D eigenvalue weighted by Crippen LogP contribution is -2.48. The standard InChI is InChI=1S/C16H21FN4OS/c1-2-15(22)18-5-6-20-7-9-21(10-8-20)16-19-13-4-3-12(17)11-14(13)23-16/h3-4,11H,2,5-10H2,1H3,(H,18,22). The van der Waals surface area contributed by atoms with Crippen LogP contribution in [0.15, 0.2) is 18.2 Å². The van der Waals surface area contributed by atoms with Crippen LogP contribution in [-0.4, -0.2) is 55.1 Å². The number of aromatic nitrogens is 1. The summed E-state index contributed by atoms with van der Waals surface area (Å²) in [5.74, 6) is -0.114. The van der Waals surface area contributed by atoms with Crippen molar-refractivity contribution in [3.05, 3.63) is 24.0 Å². The Balaban J connectivity index is 1.52. The Labute approximate surface area is 139 Å². The summed E-state index contributed by atoms with van der Waals surface area (Å²) in [5, 5.41) is 3.87. The van der Waals surface area contributed by atoms with Crippen molar-refractivity contribution in [1.82, 2.24) is 15.2 Å². The lowest BCUT2D eigenvalue weighted by atomic mass is 10.3. The van der Waals surface area contributed by atoms with Crippen molar-refractivity contribution in [3.8, 4) is 0 Å². The molecule has 0 radical (unpaired) electrons. The maximum absolute atomic E-state index is 13.3. The summed E-state index contributed by atoms with van der Waals surface area (Å²) in [6.07, 6.45) is 0.534. The molecule has 0 aliphatic carbocycles. The third-order valence-electron chi connectivity index (χ3n) is 4.05. The van der Waals surface area contributed by atoms with Crippen molar-refractivity contribution < 1.29 is 9.18 Å². The van der Waals surface area contributed by atoms with Gasteiger partial charge in [-0.05, 0) is 18.2 Å². The third kappa shape index (κ3) is 3.97. The molecule has 0 unspecified atom stereocenters. The fraction of sp³-hybridized carbons (Fsp3) is 0.500. The highest BCUT2D eigenvalue weighted by atomic mass is 32.1. The maximum Gasteiger partial charge on any atom is 0.219 e. The van der Waals surface area contributed by atoms with Gasteiger partial charge in [0.2, 0.25) is 5.91 Å². The molecule has 2 aromatic rings. The van der Waals surface area contributed by atoms with E-state index in [2.05, 4.69) is 20.1 Å². The minimum Gasteiger partial charge on any atom is -0.355 e. The fourth-order valence-electron chi connectivity index (χ4n) is 2.66. The maximum atomic E-state index is 13.3. The molecule has 1 fully saturated rings. The van der Waals surface area contributed by atoms with E-state index in [9.17, 15) is 9.18 Å². The number of benzene rings is 1. The monoisotopic (exact) mass is 336 g/mol. The van der Waals surface area contributed by atoms with Gasteiger partial charge in [0, 0.05) is 45.7 Å². The molecular weight excluding hydrogens is 315 g/mol. The van der Waals surface area contributed by atoms with E-state index in [1.807, 2.05) is 6.92 Å². The van der Waals surface area contributed by atoms with Gasteiger partial charge in [0.15, 0.2) is 5.13 Å². The Morgan fingerprint density at radius 1 is 1.35 bits per heavy atom. The van der Waals surface area contributed by atoms with Gasteiger partial charge in [-0.15, -0.1) is 0 Å². The van der Waals surface area contributed by atoms with Gasteiger partial charge in [-0.1, -0.05) is 18.3 Å². The molecule has 1 amide bonds. The number of anilines is 1. The van der Waals surface area contributed by atoms with Crippen LogP contribution >= 0.6 is 11.3 Å². The van der Waals surface area contributed by atoms with Crippen LogP contribution in [0.1, 0.15) is 13.3 Å². The highest BCUT2D eigenvalue weighted by Crippen LogP contribution is 2.29. The number of fused-ring (bicyclic) bond motifs is 1. The summed E-state index contributed by atoms with van der Waals surface area (Å²) in [5.41, 5.74) is 0.858. The molecular formula is C16H21FN4OS. The largest absolute Gasteiger partial charge is 0.355 e. The average molecular weight is 336 g/mol. The van der Waals surface area contributed by atoms with E-state index in [0.29, 0.717) is 13.0 Å². The van der Waals surface area contributed by atoms with Crippen molar-refractivity contribution in [2.45, 2.75) is 13.3 Å². The number of hydrogen-bond acceptors (Lipinski definition) is 5. The SMILES string of the molecule is CCC(=O)NCCN1CCN(c2nc3ccc(F)cc3s2)CC1. The van der Waals surface area contributed by atoms with E-state index >= 15 is 0 Å². The molecule has 1 N–H and O–H groups in total. The summed E-state index contributed by atoms with van der Waals surface area (Å²) in [6, 6.07) is 4.73. The number of carbonyl (C=O) groups is 1. The van der Waals surface area contributed by atoms with Gasteiger partial charge in [0.1, 0.15) is 5.82 Å². The van der Waals surface area contributed by atoms with Crippen molar-refractivity contribution in [1.29, 1.82) is 0 Å². The predicted molar refractivity (Wildman–Crippen MR) is 91.5 cm³/mol. The van der Waals surface area contributed by atoms with Crippen LogP contribution in [0.2, 0.25) is 0 Å². The number of rotatable bonds is 5.